The number of aliphatic hydroxyl groups excluding tert-OH is 1. The topological polar surface area (TPSA) is 55.5 Å². The molecule has 0 fully saturated rings. The summed E-state index contributed by atoms with van der Waals surface area (Å²) in [4.78, 5) is 0. The van der Waals surface area contributed by atoms with Crippen LogP contribution in [0, 0.1) is 0 Å². The standard InChI is InChI=1S/C9H13NO2/c1-7(10)12-9(11)8-5-3-2-4-6-8/h2-7,9,11H,10H2,1H3. The third-order valence-electron chi connectivity index (χ3n) is 1.43. The van der Waals surface area contributed by atoms with Crippen LogP contribution in [0.1, 0.15) is 18.8 Å². The summed E-state index contributed by atoms with van der Waals surface area (Å²) >= 11 is 0. The predicted molar refractivity (Wildman–Crippen MR) is 46.1 cm³/mol. The molecule has 3 N–H and O–H groups in total. The van der Waals surface area contributed by atoms with Gasteiger partial charge in [0.05, 0.1) is 0 Å². The van der Waals surface area contributed by atoms with Gasteiger partial charge in [-0.2, -0.15) is 0 Å². The zero-order valence-electron chi connectivity index (χ0n) is 6.97. The van der Waals surface area contributed by atoms with E-state index in [0.717, 1.165) is 5.56 Å². The van der Waals surface area contributed by atoms with Gasteiger partial charge < -0.3 is 15.6 Å². The van der Waals surface area contributed by atoms with Crippen molar-refractivity contribution in [2.75, 3.05) is 0 Å². The van der Waals surface area contributed by atoms with Crippen LogP contribution in [0.5, 0.6) is 0 Å². The van der Waals surface area contributed by atoms with Crippen molar-refractivity contribution >= 4 is 0 Å². The van der Waals surface area contributed by atoms with Gasteiger partial charge in [-0.3, -0.25) is 0 Å². The van der Waals surface area contributed by atoms with Crippen LogP contribution >= 0.6 is 0 Å². The Labute approximate surface area is 71.8 Å². The minimum absolute atomic E-state index is 0.458. The number of nitrogens with two attached hydrogens (primary N) is 1. The van der Waals surface area contributed by atoms with E-state index < -0.39 is 12.5 Å². The Morgan fingerprint density at radius 3 is 2.42 bits per heavy atom. The molecular weight excluding hydrogens is 154 g/mol. The molecule has 0 heterocycles. The van der Waals surface area contributed by atoms with E-state index in [1.807, 2.05) is 18.2 Å². The Hall–Kier alpha value is -0.900. The molecule has 0 aliphatic rings. The van der Waals surface area contributed by atoms with Crippen molar-refractivity contribution in [2.24, 2.45) is 5.73 Å². The summed E-state index contributed by atoms with van der Waals surface area (Å²) in [5, 5.41) is 9.39. The smallest absolute Gasteiger partial charge is 0.183 e. The Morgan fingerprint density at radius 1 is 1.33 bits per heavy atom. The largest absolute Gasteiger partial charge is 0.364 e. The lowest BCUT2D eigenvalue weighted by Gasteiger charge is -2.14. The average Bonchev–Trinajstić information content (AvgIpc) is 2.05. The molecule has 0 aliphatic carbocycles. The van der Waals surface area contributed by atoms with Crippen LogP contribution in [-0.2, 0) is 4.74 Å². The summed E-state index contributed by atoms with van der Waals surface area (Å²) in [7, 11) is 0. The molecule has 2 atom stereocenters. The molecule has 1 rings (SSSR count). The van der Waals surface area contributed by atoms with Gasteiger partial charge in [0.15, 0.2) is 6.29 Å². The lowest BCUT2D eigenvalue weighted by atomic mass is 10.2. The molecule has 1 aromatic rings. The number of benzene rings is 1. The lowest BCUT2D eigenvalue weighted by molar-refractivity contribution is -0.132. The molecular formula is C9H13NO2. The van der Waals surface area contributed by atoms with Crippen molar-refractivity contribution < 1.29 is 9.84 Å². The quantitative estimate of drug-likeness (QED) is 0.660. The monoisotopic (exact) mass is 167 g/mol. The first kappa shape index (κ1) is 9.19. The van der Waals surface area contributed by atoms with Gasteiger partial charge in [0.25, 0.3) is 0 Å². The van der Waals surface area contributed by atoms with Crippen LogP contribution < -0.4 is 5.73 Å². The van der Waals surface area contributed by atoms with Crippen LogP contribution in [0.4, 0.5) is 0 Å². The van der Waals surface area contributed by atoms with E-state index in [1.54, 1.807) is 19.1 Å². The Morgan fingerprint density at radius 2 is 1.92 bits per heavy atom. The van der Waals surface area contributed by atoms with Crippen molar-refractivity contribution in [3.8, 4) is 0 Å². The average molecular weight is 167 g/mol. The maximum absolute atomic E-state index is 9.39. The van der Waals surface area contributed by atoms with Crippen LogP contribution in [-0.4, -0.2) is 11.3 Å². The predicted octanol–water partition coefficient (Wildman–Crippen LogP) is 0.999. The van der Waals surface area contributed by atoms with E-state index in [0.29, 0.717) is 0 Å². The highest BCUT2D eigenvalue weighted by Gasteiger charge is 2.07. The molecule has 2 unspecified atom stereocenters. The highest BCUT2D eigenvalue weighted by molar-refractivity contribution is 5.15. The minimum Gasteiger partial charge on any atom is -0.364 e. The maximum atomic E-state index is 9.39. The van der Waals surface area contributed by atoms with E-state index in [4.69, 9.17) is 10.5 Å². The number of ether oxygens (including phenoxy) is 1. The van der Waals surface area contributed by atoms with E-state index in [-0.39, 0.29) is 0 Å². The lowest BCUT2D eigenvalue weighted by Crippen LogP contribution is -2.21. The van der Waals surface area contributed by atoms with Crippen molar-refractivity contribution in [1.82, 2.24) is 0 Å². The van der Waals surface area contributed by atoms with Gasteiger partial charge in [-0.25, -0.2) is 0 Å². The first-order valence-electron chi connectivity index (χ1n) is 3.84. The minimum atomic E-state index is -0.925. The number of aliphatic hydroxyl groups is 1. The van der Waals surface area contributed by atoms with Gasteiger partial charge in [0.1, 0.15) is 6.23 Å². The molecule has 0 radical (unpaired) electrons. The molecule has 0 saturated carbocycles. The third kappa shape index (κ3) is 2.62. The first-order chi connectivity index (χ1) is 5.70. The molecule has 0 saturated heterocycles. The summed E-state index contributed by atoms with van der Waals surface area (Å²) in [6.07, 6.45) is -1.38. The van der Waals surface area contributed by atoms with Crippen molar-refractivity contribution in [3.05, 3.63) is 35.9 Å². The fourth-order valence-corrected chi connectivity index (χ4v) is 0.900. The van der Waals surface area contributed by atoms with Crippen molar-refractivity contribution in [3.63, 3.8) is 0 Å². The SMILES string of the molecule is CC(N)OC(O)c1ccccc1. The molecule has 0 spiro atoms. The number of hydrogen-bond donors (Lipinski definition) is 2. The van der Waals surface area contributed by atoms with Gasteiger partial charge in [0.2, 0.25) is 0 Å². The molecule has 1 aromatic carbocycles. The van der Waals surface area contributed by atoms with Gasteiger partial charge in [-0.05, 0) is 6.92 Å². The summed E-state index contributed by atoms with van der Waals surface area (Å²) in [5.74, 6) is 0. The molecule has 3 nitrogen and oxygen atoms in total. The molecule has 0 amide bonds. The zero-order chi connectivity index (χ0) is 8.97. The normalized spacial score (nSPS) is 15.6. The molecule has 66 valence electrons. The summed E-state index contributed by atoms with van der Waals surface area (Å²) < 4.78 is 4.97. The van der Waals surface area contributed by atoms with Gasteiger partial charge in [-0.1, -0.05) is 30.3 Å². The van der Waals surface area contributed by atoms with Crippen LogP contribution in [0.15, 0.2) is 30.3 Å². The third-order valence-corrected chi connectivity index (χ3v) is 1.43. The van der Waals surface area contributed by atoms with Crippen molar-refractivity contribution in [2.45, 2.75) is 19.4 Å². The van der Waals surface area contributed by atoms with Gasteiger partial charge in [0, 0.05) is 5.56 Å². The molecule has 0 aliphatic heterocycles. The highest BCUT2D eigenvalue weighted by atomic mass is 16.6. The second kappa shape index (κ2) is 4.21. The summed E-state index contributed by atoms with van der Waals surface area (Å²) in [6, 6.07) is 9.12. The molecule has 12 heavy (non-hydrogen) atoms. The summed E-state index contributed by atoms with van der Waals surface area (Å²) in [5.41, 5.74) is 6.07. The molecule has 3 heteroatoms. The fourth-order valence-electron chi connectivity index (χ4n) is 0.900. The second-order valence-electron chi connectivity index (χ2n) is 2.60. The second-order valence-corrected chi connectivity index (χ2v) is 2.60. The number of rotatable bonds is 3. The fraction of sp³-hybridized carbons (Fsp3) is 0.333. The van der Waals surface area contributed by atoms with Crippen LogP contribution in [0.25, 0.3) is 0 Å². The van der Waals surface area contributed by atoms with Crippen LogP contribution in [0.2, 0.25) is 0 Å². The van der Waals surface area contributed by atoms with E-state index in [1.165, 1.54) is 0 Å². The van der Waals surface area contributed by atoms with E-state index in [2.05, 4.69) is 0 Å². The summed E-state index contributed by atoms with van der Waals surface area (Å²) in [6.45, 7) is 1.67. The highest BCUT2D eigenvalue weighted by Crippen LogP contribution is 2.13. The maximum Gasteiger partial charge on any atom is 0.183 e. The van der Waals surface area contributed by atoms with Gasteiger partial charge in [-0.15, -0.1) is 0 Å². The Balaban J connectivity index is 2.59. The van der Waals surface area contributed by atoms with E-state index in [9.17, 15) is 5.11 Å². The molecule has 0 aromatic heterocycles. The Kier molecular flexibility index (Phi) is 3.22. The van der Waals surface area contributed by atoms with Gasteiger partial charge >= 0.3 is 0 Å². The zero-order valence-corrected chi connectivity index (χ0v) is 6.97. The number of hydrogen-bond acceptors (Lipinski definition) is 3. The Bertz CT molecular complexity index is 223. The van der Waals surface area contributed by atoms with Crippen LogP contribution in [0.3, 0.4) is 0 Å². The molecule has 0 bridgehead atoms. The van der Waals surface area contributed by atoms with Crippen molar-refractivity contribution in [1.29, 1.82) is 0 Å². The first-order valence-corrected chi connectivity index (χ1v) is 3.84. The van der Waals surface area contributed by atoms with E-state index >= 15 is 0 Å².